The minimum Gasteiger partial charge on any atom is -0.348 e. The average Bonchev–Trinajstić information content (AvgIpc) is 3.22. The molecule has 1 saturated heterocycles. The Morgan fingerprint density at radius 1 is 1.10 bits per heavy atom. The maximum absolute atomic E-state index is 12.9. The topological polar surface area (TPSA) is 35.6 Å². The van der Waals surface area contributed by atoms with E-state index in [2.05, 4.69) is 79.4 Å². The summed E-state index contributed by atoms with van der Waals surface area (Å²) in [6, 6.07) is 12.6. The summed E-state index contributed by atoms with van der Waals surface area (Å²) in [5, 5.41) is 5.41. The van der Waals surface area contributed by atoms with Gasteiger partial charge in [-0.3, -0.25) is 9.69 Å². The SMILES string of the molecule is CCN1CCN([C@H](c2cccs2)[C@H](C)NC(=O)c2ccc(C(C)(C)C)cc2)CC1. The molecule has 0 aliphatic carbocycles. The zero-order chi connectivity index (χ0) is 21.0. The van der Waals surface area contributed by atoms with Crippen molar-refractivity contribution < 1.29 is 4.79 Å². The standard InChI is InChI=1S/C24H35N3OS/c1-6-26-13-15-27(16-14-26)22(21-8-7-17-29-21)18(2)25-23(28)19-9-11-20(12-10-19)24(3,4)5/h7-12,17-18,22H,6,13-16H2,1-5H3,(H,25,28)/t18-,22-/m0/s1. The summed E-state index contributed by atoms with van der Waals surface area (Å²) in [7, 11) is 0. The molecule has 0 unspecified atom stereocenters. The number of benzene rings is 1. The smallest absolute Gasteiger partial charge is 0.251 e. The molecule has 2 aromatic rings. The van der Waals surface area contributed by atoms with Crippen molar-refractivity contribution in [2.75, 3.05) is 32.7 Å². The predicted molar refractivity (Wildman–Crippen MR) is 123 cm³/mol. The molecule has 0 spiro atoms. The van der Waals surface area contributed by atoms with Gasteiger partial charge in [-0.2, -0.15) is 0 Å². The second kappa shape index (κ2) is 9.41. The Balaban J connectivity index is 1.71. The van der Waals surface area contributed by atoms with Crippen molar-refractivity contribution in [3.8, 4) is 0 Å². The first-order valence-electron chi connectivity index (χ1n) is 10.7. The Morgan fingerprint density at radius 3 is 2.28 bits per heavy atom. The van der Waals surface area contributed by atoms with Crippen LogP contribution in [0.25, 0.3) is 0 Å². The van der Waals surface area contributed by atoms with Crippen molar-refractivity contribution in [2.45, 2.75) is 52.1 Å². The second-order valence-electron chi connectivity index (χ2n) is 9.02. The second-order valence-corrected chi connectivity index (χ2v) is 10.00. The van der Waals surface area contributed by atoms with Gasteiger partial charge in [-0.15, -0.1) is 11.3 Å². The fourth-order valence-corrected chi connectivity index (χ4v) is 5.01. The fourth-order valence-electron chi connectivity index (χ4n) is 4.05. The Morgan fingerprint density at radius 2 is 1.76 bits per heavy atom. The highest BCUT2D eigenvalue weighted by molar-refractivity contribution is 7.10. The summed E-state index contributed by atoms with van der Waals surface area (Å²) in [6.45, 7) is 16.3. The van der Waals surface area contributed by atoms with E-state index in [1.807, 2.05) is 12.1 Å². The molecule has 3 rings (SSSR count). The minimum atomic E-state index is 0.00621. The number of thiophene rings is 1. The molecule has 29 heavy (non-hydrogen) atoms. The number of likely N-dealkylation sites (N-methyl/N-ethyl adjacent to an activating group) is 1. The van der Waals surface area contributed by atoms with Gasteiger partial charge in [-0.25, -0.2) is 0 Å². The van der Waals surface area contributed by atoms with Gasteiger partial charge in [0.05, 0.1) is 6.04 Å². The highest BCUT2D eigenvalue weighted by Gasteiger charge is 2.30. The molecule has 1 aliphatic rings. The molecule has 1 aliphatic heterocycles. The molecule has 158 valence electrons. The molecule has 2 atom stereocenters. The van der Waals surface area contributed by atoms with Gasteiger partial charge >= 0.3 is 0 Å². The molecule has 4 nitrogen and oxygen atoms in total. The number of nitrogens with one attached hydrogen (secondary N) is 1. The minimum absolute atomic E-state index is 0.00621. The van der Waals surface area contributed by atoms with Crippen molar-refractivity contribution in [3.63, 3.8) is 0 Å². The van der Waals surface area contributed by atoms with Crippen LogP contribution in [0.4, 0.5) is 0 Å². The van der Waals surface area contributed by atoms with Crippen LogP contribution >= 0.6 is 11.3 Å². The number of carbonyl (C=O) groups is 1. The van der Waals surface area contributed by atoms with E-state index in [-0.39, 0.29) is 23.4 Å². The first-order valence-corrected chi connectivity index (χ1v) is 11.6. The van der Waals surface area contributed by atoms with Crippen molar-refractivity contribution in [2.24, 2.45) is 0 Å². The fraction of sp³-hybridized carbons (Fsp3) is 0.542. The molecule has 0 saturated carbocycles. The molecule has 0 bridgehead atoms. The monoisotopic (exact) mass is 413 g/mol. The average molecular weight is 414 g/mol. The normalized spacial score (nSPS) is 18.4. The summed E-state index contributed by atoms with van der Waals surface area (Å²) in [6.07, 6.45) is 0. The number of rotatable bonds is 6. The number of hydrogen-bond acceptors (Lipinski definition) is 4. The van der Waals surface area contributed by atoms with Crippen molar-refractivity contribution in [1.82, 2.24) is 15.1 Å². The van der Waals surface area contributed by atoms with Gasteiger partial charge < -0.3 is 10.2 Å². The first kappa shape index (κ1) is 22.0. The molecule has 2 heterocycles. The van der Waals surface area contributed by atoms with Crippen LogP contribution < -0.4 is 5.32 Å². The third-order valence-corrected chi connectivity index (χ3v) is 6.87. The molecule has 1 aromatic carbocycles. The van der Waals surface area contributed by atoms with Gasteiger partial charge in [0.15, 0.2) is 0 Å². The molecule has 5 heteroatoms. The van der Waals surface area contributed by atoms with E-state index >= 15 is 0 Å². The van der Waals surface area contributed by atoms with Crippen molar-refractivity contribution in [3.05, 3.63) is 57.8 Å². The Bertz CT molecular complexity index is 771. The quantitative estimate of drug-likeness (QED) is 0.755. The van der Waals surface area contributed by atoms with E-state index in [1.165, 1.54) is 10.4 Å². The molecular formula is C24H35N3OS. The van der Waals surface area contributed by atoms with E-state index < -0.39 is 0 Å². The van der Waals surface area contributed by atoms with E-state index in [0.717, 1.165) is 38.3 Å². The van der Waals surface area contributed by atoms with Crippen LogP contribution in [0.15, 0.2) is 41.8 Å². The number of amides is 1. The van der Waals surface area contributed by atoms with Crippen LogP contribution in [0.2, 0.25) is 0 Å². The summed E-state index contributed by atoms with van der Waals surface area (Å²) in [5.74, 6) is 0.00621. The van der Waals surface area contributed by atoms with E-state index in [9.17, 15) is 4.79 Å². The van der Waals surface area contributed by atoms with Crippen LogP contribution in [0.1, 0.15) is 61.5 Å². The maximum atomic E-state index is 12.9. The molecule has 1 N–H and O–H groups in total. The van der Waals surface area contributed by atoms with Crippen molar-refractivity contribution in [1.29, 1.82) is 0 Å². The third kappa shape index (κ3) is 5.47. The molecule has 1 amide bonds. The van der Waals surface area contributed by atoms with E-state index in [0.29, 0.717) is 0 Å². The Kier molecular flexibility index (Phi) is 7.14. The number of hydrogen-bond donors (Lipinski definition) is 1. The highest BCUT2D eigenvalue weighted by Crippen LogP contribution is 2.29. The Hall–Kier alpha value is -1.69. The number of carbonyl (C=O) groups excluding carboxylic acids is 1. The lowest BCUT2D eigenvalue weighted by Crippen LogP contribution is -2.52. The summed E-state index contributed by atoms with van der Waals surface area (Å²) in [5.41, 5.74) is 2.06. The van der Waals surface area contributed by atoms with Gasteiger partial charge in [0, 0.05) is 42.7 Å². The third-order valence-electron chi connectivity index (χ3n) is 5.93. The lowest BCUT2D eigenvalue weighted by atomic mass is 9.86. The largest absolute Gasteiger partial charge is 0.348 e. The van der Waals surface area contributed by atoms with Crippen molar-refractivity contribution >= 4 is 17.2 Å². The predicted octanol–water partition coefficient (Wildman–Crippen LogP) is 4.54. The van der Waals surface area contributed by atoms with Gasteiger partial charge in [0.2, 0.25) is 0 Å². The summed E-state index contributed by atoms with van der Waals surface area (Å²) in [4.78, 5) is 19.3. The number of nitrogens with zero attached hydrogens (tertiary/aromatic N) is 2. The summed E-state index contributed by atoms with van der Waals surface area (Å²) < 4.78 is 0. The van der Waals surface area contributed by atoms with Gasteiger partial charge in [0.1, 0.15) is 0 Å². The van der Waals surface area contributed by atoms with Crippen LogP contribution in [0.3, 0.4) is 0 Å². The van der Waals surface area contributed by atoms with Crippen LogP contribution in [-0.2, 0) is 5.41 Å². The van der Waals surface area contributed by atoms with E-state index in [1.54, 1.807) is 11.3 Å². The molecule has 0 radical (unpaired) electrons. The van der Waals surface area contributed by atoms with Crippen LogP contribution in [0.5, 0.6) is 0 Å². The van der Waals surface area contributed by atoms with Gasteiger partial charge in [-0.1, -0.05) is 45.9 Å². The molecule has 1 aromatic heterocycles. The lowest BCUT2D eigenvalue weighted by Gasteiger charge is -2.41. The zero-order valence-corrected chi connectivity index (χ0v) is 19.3. The first-order chi connectivity index (χ1) is 13.8. The molecule has 1 fully saturated rings. The van der Waals surface area contributed by atoms with Gasteiger partial charge in [0.25, 0.3) is 5.91 Å². The Labute approximate surface area is 179 Å². The maximum Gasteiger partial charge on any atom is 0.251 e. The van der Waals surface area contributed by atoms with Crippen LogP contribution in [-0.4, -0.2) is 54.5 Å². The van der Waals surface area contributed by atoms with Crippen LogP contribution in [0, 0.1) is 0 Å². The zero-order valence-electron chi connectivity index (χ0n) is 18.4. The van der Waals surface area contributed by atoms with Gasteiger partial charge in [-0.05, 0) is 48.0 Å². The highest BCUT2D eigenvalue weighted by atomic mass is 32.1. The van der Waals surface area contributed by atoms with E-state index in [4.69, 9.17) is 0 Å². The lowest BCUT2D eigenvalue weighted by molar-refractivity contribution is 0.0753. The number of piperazine rings is 1. The molecular weight excluding hydrogens is 378 g/mol. The summed E-state index contributed by atoms with van der Waals surface area (Å²) >= 11 is 1.78.